The molecule has 0 atom stereocenters. The van der Waals surface area contributed by atoms with Crippen LogP contribution in [0.3, 0.4) is 0 Å². The zero-order valence-corrected chi connectivity index (χ0v) is 16.9. The van der Waals surface area contributed by atoms with E-state index in [0.29, 0.717) is 16.6 Å². The number of nitrogens with zero attached hydrogens (tertiary/aromatic N) is 1. The predicted octanol–water partition coefficient (Wildman–Crippen LogP) is 5.04. The minimum Gasteiger partial charge on any atom is -0.452 e. The van der Waals surface area contributed by atoms with Crippen LogP contribution < -0.4 is 5.32 Å². The smallest absolute Gasteiger partial charge is 0.338 e. The first-order valence-electron chi connectivity index (χ1n) is 9.02. The van der Waals surface area contributed by atoms with Gasteiger partial charge in [0.1, 0.15) is 0 Å². The van der Waals surface area contributed by atoms with Crippen molar-refractivity contribution < 1.29 is 14.3 Å². The van der Waals surface area contributed by atoms with Gasteiger partial charge in [-0.05, 0) is 30.5 Å². The Morgan fingerprint density at radius 2 is 1.75 bits per heavy atom. The number of rotatable bonds is 6. The van der Waals surface area contributed by atoms with Crippen molar-refractivity contribution in [2.45, 2.75) is 26.7 Å². The van der Waals surface area contributed by atoms with Crippen LogP contribution in [0, 0.1) is 6.92 Å². The van der Waals surface area contributed by atoms with Gasteiger partial charge in [-0.25, -0.2) is 9.78 Å². The highest BCUT2D eigenvalue weighted by Crippen LogP contribution is 2.25. The number of ether oxygens (including phenoxy) is 1. The van der Waals surface area contributed by atoms with E-state index in [4.69, 9.17) is 4.74 Å². The van der Waals surface area contributed by atoms with Crippen molar-refractivity contribution >= 4 is 28.3 Å². The van der Waals surface area contributed by atoms with Crippen LogP contribution in [-0.2, 0) is 9.53 Å². The quantitative estimate of drug-likeness (QED) is 0.595. The lowest BCUT2D eigenvalue weighted by atomic mass is 10.0. The molecular weight excluding hydrogens is 372 g/mol. The molecule has 1 heterocycles. The molecule has 3 rings (SSSR count). The molecule has 0 saturated carbocycles. The molecular formula is C22H22N2O3S. The van der Waals surface area contributed by atoms with Crippen LogP contribution in [0.15, 0.2) is 53.9 Å². The second-order valence-corrected chi connectivity index (χ2v) is 7.66. The second kappa shape index (κ2) is 8.80. The minimum absolute atomic E-state index is 0.357. The van der Waals surface area contributed by atoms with E-state index in [1.54, 1.807) is 12.1 Å². The first-order chi connectivity index (χ1) is 13.4. The molecule has 6 heteroatoms. The highest BCUT2D eigenvalue weighted by Gasteiger charge is 2.12. The topological polar surface area (TPSA) is 68.3 Å². The Morgan fingerprint density at radius 3 is 2.39 bits per heavy atom. The zero-order valence-electron chi connectivity index (χ0n) is 16.1. The minimum atomic E-state index is -0.523. The third-order valence-corrected chi connectivity index (χ3v) is 5.00. The van der Waals surface area contributed by atoms with Crippen LogP contribution >= 0.6 is 11.3 Å². The van der Waals surface area contributed by atoms with Crippen LogP contribution in [0.5, 0.6) is 0 Å². The van der Waals surface area contributed by atoms with Crippen molar-refractivity contribution in [3.63, 3.8) is 0 Å². The summed E-state index contributed by atoms with van der Waals surface area (Å²) in [6, 6.07) is 15.2. The molecule has 0 unspecified atom stereocenters. The highest BCUT2D eigenvalue weighted by molar-refractivity contribution is 7.14. The number of benzene rings is 2. The number of aromatic nitrogens is 1. The van der Waals surface area contributed by atoms with Gasteiger partial charge in [0, 0.05) is 10.9 Å². The van der Waals surface area contributed by atoms with Gasteiger partial charge in [0.15, 0.2) is 11.7 Å². The Balaban J connectivity index is 1.53. The molecule has 0 aliphatic heterocycles. The number of anilines is 1. The summed E-state index contributed by atoms with van der Waals surface area (Å²) in [6.45, 7) is 5.84. The summed E-state index contributed by atoms with van der Waals surface area (Å²) < 4.78 is 5.09. The molecule has 0 aliphatic rings. The first kappa shape index (κ1) is 19.8. The monoisotopic (exact) mass is 394 g/mol. The van der Waals surface area contributed by atoms with Crippen molar-refractivity contribution in [3.05, 3.63) is 70.6 Å². The van der Waals surface area contributed by atoms with Gasteiger partial charge >= 0.3 is 5.97 Å². The van der Waals surface area contributed by atoms with E-state index in [-0.39, 0.29) is 6.61 Å². The summed E-state index contributed by atoms with van der Waals surface area (Å²) in [6.07, 6.45) is 0. The van der Waals surface area contributed by atoms with Crippen LogP contribution in [0.2, 0.25) is 0 Å². The molecule has 0 fully saturated rings. The zero-order chi connectivity index (χ0) is 20.1. The molecule has 0 saturated heterocycles. The van der Waals surface area contributed by atoms with E-state index >= 15 is 0 Å². The highest BCUT2D eigenvalue weighted by atomic mass is 32.1. The number of amides is 1. The SMILES string of the molecule is Cc1ccc(-c2csc(NC(=O)COC(=O)c3ccc(C(C)C)cc3)n2)cc1. The summed E-state index contributed by atoms with van der Waals surface area (Å²) in [5, 5.41) is 5.01. The second-order valence-electron chi connectivity index (χ2n) is 6.80. The van der Waals surface area contributed by atoms with E-state index in [0.717, 1.165) is 16.8 Å². The fraction of sp³-hybridized carbons (Fsp3) is 0.227. The van der Waals surface area contributed by atoms with Gasteiger partial charge in [0.2, 0.25) is 0 Å². The molecule has 1 aromatic heterocycles. The maximum Gasteiger partial charge on any atom is 0.338 e. The fourth-order valence-electron chi connectivity index (χ4n) is 2.56. The molecule has 0 aliphatic carbocycles. The third-order valence-electron chi connectivity index (χ3n) is 4.25. The van der Waals surface area contributed by atoms with E-state index in [1.165, 1.54) is 16.9 Å². The number of thiazole rings is 1. The van der Waals surface area contributed by atoms with Crippen LogP contribution in [0.25, 0.3) is 11.3 Å². The van der Waals surface area contributed by atoms with Crippen LogP contribution in [0.4, 0.5) is 5.13 Å². The number of hydrogen-bond donors (Lipinski definition) is 1. The first-order valence-corrected chi connectivity index (χ1v) is 9.90. The number of esters is 1. The van der Waals surface area contributed by atoms with Crippen LogP contribution in [0.1, 0.15) is 41.3 Å². The Kier molecular flexibility index (Phi) is 6.21. The van der Waals surface area contributed by atoms with E-state index in [9.17, 15) is 9.59 Å². The Morgan fingerprint density at radius 1 is 1.07 bits per heavy atom. The largest absolute Gasteiger partial charge is 0.452 e. The van der Waals surface area contributed by atoms with Gasteiger partial charge in [-0.1, -0.05) is 55.8 Å². The molecule has 2 aromatic carbocycles. The third kappa shape index (κ3) is 5.04. The van der Waals surface area contributed by atoms with Crippen molar-refractivity contribution in [1.29, 1.82) is 0 Å². The average Bonchev–Trinajstić information content (AvgIpc) is 3.15. The molecule has 0 radical (unpaired) electrons. The van der Waals surface area contributed by atoms with Gasteiger partial charge in [0.05, 0.1) is 11.3 Å². The number of carbonyl (C=O) groups excluding carboxylic acids is 2. The van der Waals surface area contributed by atoms with Crippen LogP contribution in [-0.4, -0.2) is 23.5 Å². The Hall–Kier alpha value is -2.99. The van der Waals surface area contributed by atoms with Gasteiger partial charge in [0.25, 0.3) is 5.91 Å². The average molecular weight is 394 g/mol. The molecule has 0 spiro atoms. The normalized spacial score (nSPS) is 10.7. The predicted molar refractivity (Wildman–Crippen MR) is 112 cm³/mol. The van der Waals surface area contributed by atoms with Crippen molar-refractivity contribution in [2.24, 2.45) is 0 Å². The summed E-state index contributed by atoms with van der Waals surface area (Å²) in [5.74, 6) is -0.555. The summed E-state index contributed by atoms with van der Waals surface area (Å²) in [5.41, 5.74) is 4.52. The number of carbonyl (C=O) groups is 2. The molecule has 1 N–H and O–H groups in total. The maximum absolute atomic E-state index is 12.1. The van der Waals surface area contributed by atoms with Crippen molar-refractivity contribution in [2.75, 3.05) is 11.9 Å². The number of hydrogen-bond acceptors (Lipinski definition) is 5. The Labute approximate surface area is 168 Å². The maximum atomic E-state index is 12.1. The fourth-order valence-corrected chi connectivity index (χ4v) is 3.30. The van der Waals surface area contributed by atoms with Gasteiger partial charge < -0.3 is 4.74 Å². The standard InChI is InChI=1S/C22H22N2O3S/c1-14(2)16-8-10-18(11-9-16)21(26)27-12-20(25)24-22-23-19(13-28-22)17-6-4-15(3)5-7-17/h4-11,13-14H,12H2,1-3H3,(H,23,24,25). The Bertz CT molecular complexity index is 960. The van der Waals surface area contributed by atoms with E-state index < -0.39 is 11.9 Å². The van der Waals surface area contributed by atoms with Gasteiger partial charge in [-0.15, -0.1) is 11.3 Å². The molecule has 144 valence electrons. The molecule has 5 nitrogen and oxygen atoms in total. The lowest BCUT2D eigenvalue weighted by molar-refractivity contribution is -0.119. The van der Waals surface area contributed by atoms with Crippen molar-refractivity contribution in [1.82, 2.24) is 4.98 Å². The van der Waals surface area contributed by atoms with Gasteiger partial charge in [-0.3, -0.25) is 10.1 Å². The lowest BCUT2D eigenvalue weighted by Crippen LogP contribution is -2.20. The molecule has 28 heavy (non-hydrogen) atoms. The summed E-state index contributed by atoms with van der Waals surface area (Å²) >= 11 is 1.33. The molecule has 3 aromatic rings. The van der Waals surface area contributed by atoms with E-state index in [1.807, 2.05) is 48.7 Å². The van der Waals surface area contributed by atoms with E-state index in [2.05, 4.69) is 24.1 Å². The summed E-state index contributed by atoms with van der Waals surface area (Å²) in [4.78, 5) is 28.6. The number of nitrogens with one attached hydrogen (secondary N) is 1. The molecule has 0 bridgehead atoms. The van der Waals surface area contributed by atoms with Crippen molar-refractivity contribution in [3.8, 4) is 11.3 Å². The lowest BCUT2D eigenvalue weighted by Gasteiger charge is -2.07. The van der Waals surface area contributed by atoms with Gasteiger partial charge in [-0.2, -0.15) is 0 Å². The summed E-state index contributed by atoms with van der Waals surface area (Å²) in [7, 11) is 0. The molecule has 1 amide bonds. The number of aryl methyl sites for hydroxylation is 1.